The molecular weight excluding hydrogens is 275 g/mol. The highest BCUT2D eigenvalue weighted by Gasteiger charge is 2.14. The number of halogens is 2. The van der Waals surface area contributed by atoms with Crippen LogP contribution < -0.4 is 15.4 Å². The van der Waals surface area contributed by atoms with Crippen LogP contribution in [0.25, 0.3) is 0 Å². The van der Waals surface area contributed by atoms with Crippen molar-refractivity contribution in [3.8, 4) is 5.75 Å². The Hall–Kier alpha value is -0.970. The molecule has 0 bridgehead atoms. The molecular formula is C12H16Cl2N2O2. The minimum Gasteiger partial charge on any atom is -0.496 e. The molecule has 0 fully saturated rings. The van der Waals surface area contributed by atoms with Gasteiger partial charge in [0, 0.05) is 12.6 Å². The minimum atomic E-state index is -0.221. The topological polar surface area (TPSA) is 50.4 Å². The van der Waals surface area contributed by atoms with E-state index in [2.05, 4.69) is 10.6 Å². The van der Waals surface area contributed by atoms with Crippen LogP contribution in [0.4, 0.5) is 0 Å². The van der Waals surface area contributed by atoms with E-state index in [9.17, 15) is 4.79 Å². The molecule has 18 heavy (non-hydrogen) atoms. The molecule has 0 aliphatic carbocycles. The van der Waals surface area contributed by atoms with E-state index < -0.39 is 0 Å². The first kappa shape index (κ1) is 15.1. The Balaban J connectivity index is 2.75. The summed E-state index contributed by atoms with van der Waals surface area (Å²) in [6.45, 7) is 1.43. The van der Waals surface area contributed by atoms with Crippen LogP contribution in [0.15, 0.2) is 12.1 Å². The molecule has 0 atom stereocenters. The Bertz CT molecular complexity index is 425. The van der Waals surface area contributed by atoms with Gasteiger partial charge >= 0.3 is 0 Å². The summed E-state index contributed by atoms with van der Waals surface area (Å²) in [6, 6.07) is 3.04. The van der Waals surface area contributed by atoms with Gasteiger partial charge in [0.15, 0.2) is 0 Å². The average molecular weight is 291 g/mol. The standard InChI is InChI=1S/C12H16Cl2N2O2/c1-15-4-3-5-16-12(17)8-6-9(13)10(14)7-11(8)18-2/h6-7,15H,3-5H2,1-2H3,(H,16,17). The number of hydrogen-bond donors (Lipinski definition) is 2. The molecule has 1 amide bonds. The molecule has 1 aromatic carbocycles. The predicted molar refractivity (Wildman–Crippen MR) is 73.9 cm³/mol. The van der Waals surface area contributed by atoms with Gasteiger partial charge in [0.25, 0.3) is 5.91 Å². The summed E-state index contributed by atoms with van der Waals surface area (Å²) in [5.41, 5.74) is 0.386. The van der Waals surface area contributed by atoms with E-state index in [0.29, 0.717) is 27.9 Å². The van der Waals surface area contributed by atoms with Crippen molar-refractivity contribution in [1.82, 2.24) is 10.6 Å². The summed E-state index contributed by atoms with van der Waals surface area (Å²) >= 11 is 11.8. The summed E-state index contributed by atoms with van der Waals surface area (Å²) in [5.74, 6) is 0.192. The zero-order valence-electron chi connectivity index (χ0n) is 10.3. The SMILES string of the molecule is CNCCCNC(=O)c1cc(Cl)c(Cl)cc1OC. The molecule has 0 aromatic heterocycles. The second-order valence-corrected chi connectivity index (χ2v) is 4.49. The highest BCUT2D eigenvalue weighted by Crippen LogP contribution is 2.30. The molecule has 6 heteroatoms. The Morgan fingerprint density at radius 1 is 1.28 bits per heavy atom. The maximum atomic E-state index is 11.9. The van der Waals surface area contributed by atoms with E-state index >= 15 is 0 Å². The number of rotatable bonds is 6. The molecule has 0 aliphatic heterocycles. The number of nitrogens with one attached hydrogen (secondary N) is 2. The van der Waals surface area contributed by atoms with E-state index in [0.717, 1.165) is 13.0 Å². The maximum absolute atomic E-state index is 11.9. The molecule has 0 spiro atoms. The fraction of sp³-hybridized carbons (Fsp3) is 0.417. The van der Waals surface area contributed by atoms with Crippen molar-refractivity contribution < 1.29 is 9.53 Å². The number of carbonyl (C=O) groups excluding carboxylic acids is 1. The fourth-order valence-electron chi connectivity index (χ4n) is 1.44. The van der Waals surface area contributed by atoms with Gasteiger partial charge in [0.2, 0.25) is 0 Å². The number of hydrogen-bond acceptors (Lipinski definition) is 3. The number of ether oxygens (including phenoxy) is 1. The predicted octanol–water partition coefficient (Wildman–Crippen LogP) is 2.34. The van der Waals surface area contributed by atoms with Crippen LogP contribution in [-0.4, -0.2) is 33.2 Å². The number of amides is 1. The van der Waals surface area contributed by atoms with E-state index in [-0.39, 0.29) is 5.91 Å². The largest absolute Gasteiger partial charge is 0.496 e. The molecule has 0 heterocycles. The van der Waals surface area contributed by atoms with Gasteiger partial charge in [-0.1, -0.05) is 23.2 Å². The fourth-order valence-corrected chi connectivity index (χ4v) is 1.75. The second kappa shape index (κ2) is 7.46. The van der Waals surface area contributed by atoms with Crippen LogP contribution in [-0.2, 0) is 0 Å². The summed E-state index contributed by atoms with van der Waals surface area (Å²) in [4.78, 5) is 11.9. The van der Waals surface area contributed by atoms with Crippen molar-refractivity contribution >= 4 is 29.1 Å². The van der Waals surface area contributed by atoms with Gasteiger partial charge in [0.05, 0.1) is 22.7 Å². The molecule has 0 unspecified atom stereocenters. The average Bonchev–Trinajstić information content (AvgIpc) is 2.37. The first-order chi connectivity index (χ1) is 8.60. The molecule has 0 aliphatic rings. The van der Waals surface area contributed by atoms with Crippen molar-refractivity contribution in [2.24, 2.45) is 0 Å². The monoisotopic (exact) mass is 290 g/mol. The van der Waals surface area contributed by atoms with Gasteiger partial charge in [-0.25, -0.2) is 0 Å². The molecule has 0 radical (unpaired) electrons. The van der Waals surface area contributed by atoms with E-state index in [1.165, 1.54) is 19.2 Å². The third kappa shape index (κ3) is 4.05. The van der Waals surface area contributed by atoms with Gasteiger partial charge in [-0.15, -0.1) is 0 Å². The zero-order valence-corrected chi connectivity index (χ0v) is 11.9. The van der Waals surface area contributed by atoms with Gasteiger partial charge in [-0.2, -0.15) is 0 Å². The van der Waals surface area contributed by atoms with Crippen molar-refractivity contribution in [3.63, 3.8) is 0 Å². The minimum absolute atomic E-state index is 0.221. The lowest BCUT2D eigenvalue weighted by atomic mass is 10.2. The Morgan fingerprint density at radius 2 is 1.94 bits per heavy atom. The van der Waals surface area contributed by atoms with Gasteiger partial charge in [-0.05, 0) is 26.1 Å². The van der Waals surface area contributed by atoms with Crippen LogP contribution in [0.2, 0.25) is 10.0 Å². The smallest absolute Gasteiger partial charge is 0.255 e. The number of benzene rings is 1. The number of carbonyl (C=O) groups is 1. The quantitative estimate of drug-likeness (QED) is 0.791. The van der Waals surface area contributed by atoms with E-state index in [1.807, 2.05) is 7.05 Å². The third-order valence-corrected chi connectivity index (χ3v) is 3.10. The van der Waals surface area contributed by atoms with E-state index in [4.69, 9.17) is 27.9 Å². The molecule has 1 aromatic rings. The number of methoxy groups -OCH3 is 1. The third-order valence-electron chi connectivity index (χ3n) is 2.38. The zero-order chi connectivity index (χ0) is 13.5. The lowest BCUT2D eigenvalue weighted by molar-refractivity contribution is 0.0950. The molecule has 0 saturated carbocycles. The van der Waals surface area contributed by atoms with Crippen molar-refractivity contribution in [1.29, 1.82) is 0 Å². The van der Waals surface area contributed by atoms with Crippen molar-refractivity contribution in [2.45, 2.75) is 6.42 Å². The lowest BCUT2D eigenvalue weighted by Crippen LogP contribution is -2.27. The van der Waals surface area contributed by atoms with Crippen molar-refractivity contribution in [2.75, 3.05) is 27.2 Å². The summed E-state index contributed by atoms with van der Waals surface area (Å²) in [7, 11) is 3.35. The molecule has 2 N–H and O–H groups in total. The summed E-state index contributed by atoms with van der Waals surface area (Å²) in [6.07, 6.45) is 0.853. The van der Waals surface area contributed by atoms with Crippen LogP contribution in [0.3, 0.4) is 0 Å². The maximum Gasteiger partial charge on any atom is 0.255 e. The van der Waals surface area contributed by atoms with E-state index in [1.54, 1.807) is 0 Å². The van der Waals surface area contributed by atoms with Crippen LogP contribution >= 0.6 is 23.2 Å². The first-order valence-electron chi connectivity index (χ1n) is 5.56. The molecule has 4 nitrogen and oxygen atoms in total. The van der Waals surface area contributed by atoms with Gasteiger partial charge < -0.3 is 15.4 Å². The van der Waals surface area contributed by atoms with Crippen LogP contribution in [0.1, 0.15) is 16.8 Å². The Labute approximate surface area is 117 Å². The lowest BCUT2D eigenvalue weighted by Gasteiger charge is -2.10. The molecule has 1 rings (SSSR count). The van der Waals surface area contributed by atoms with Crippen molar-refractivity contribution in [3.05, 3.63) is 27.7 Å². The second-order valence-electron chi connectivity index (χ2n) is 3.68. The first-order valence-corrected chi connectivity index (χ1v) is 6.31. The van der Waals surface area contributed by atoms with Crippen LogP contribution in [0.5, 0.6) is 5.75 Å². The highest BCUT2D eigenvalue weighted by atomic mass is 35.5. The molecule has 100 valence electrons. The Kier molecular flexibility index (Phi) is 6.25. The van der Waals surface area contributed by atoms with Crippen LogP contribution in [0, 0.1) is 0 Å². The highest BCUT2D eigenvalue weighted by molar-refractivity contribution is 6.42. The van der Waals surface area contributed by atoms with Gasteiger partial charge in [0.1, 0.15) is 5.75 Å². The Morgan fingerprint density at radius 3 is 2.56 bits per heavy atom. The normalized spacial score (nSPS) is 10.2. The summed E-state index contributed by atoms with van der Waals surface area (Å²) in [5, 5.41) is 6.49. The summed E-state index contributed by atoms with van der Waals surface area (Å²) < 4.78 is 5.11. The van der Waals surface area contributed by atoms with Gasteiger partial charge in [-0.3, -0.25) is 4.79 Å². The molecule has 0 saturated heterocycles.